The second-order valence-electron chi connectivity index (χ2n) is 3.93. The average Bonchev–Trinajstić information content (AvgIpc) is 2.40. The fraction of sp³-hybridized carbons (Fsp3) is 0.0714. The molecule has 0 fully saturated rings. The summed E-state index contributed by atoms with van der Waals surface area (Å²) in [7, 11) is 0. The molecule has 0 spiro atoms. The Morgan fingerprint density at radius 1 is 1.00 bits per heavy atom. The maximum atomic E-state index is 12.1. The maximum Gasteiger partial charge on any atom is 0.193 e. The van der Waals surface area contributed by atoms with Gasteiger partial charge in [0.25, 0.3) is 0 Å². The van der Waals surface area contributed by atoms with Crippen molar-refractivity contribution in [1.82, 2.24) is 0 Å². The van der Waals surface area contributed by atoms with E-state index < -0.39 is 0 Å². The number of ketones is 1. The van der Waals surface area contributed by atoms with E-state index in [0.29, 0.717) is 16.8 Å². The minimum atomic E-state index is -0.0394. The Bertz CT molecular complexity index is 608. The molecule has 0 saturated heterocycles. The van der Waals surface area contributed by atoms with Gasteiger partial charge in [0.05, 0.1) is 0 Å². The highest BCUT2D eigenvalue weighted by atomic mass is 16.1. The first-order valence-electron chi connectivity index (χ1n) is 5.47. The average molecular weight is 237 g/mol. The molecule has 0 aliphatic rings. The highest BCUT2D eigenvalue weighted by Gasteiger charge is 2.07. The van der Waals surface area contributed by atoms with Crippen molar-refractivity contribution in [2.75, 3.05) is 0 Å². The van der Waals surface area contributed by atoms with Gasteiger partial charge in [0.1, 0.15) is 0 Å². The van der Waals surface area contributed by atoms with Crippen LogP contribution in [0.4, 0.5) is 5.69 Å². The molecule has 0 radical (unpaired) electrons. The molecule has 2 aromatic carbocycles. The van der Waals surface area contributed by atoms with Crippen LogP contribution in [0.15, 0.2) is 53.6 Å². The third kappa shape index (κ3) is 2.56. The lowest BCUT2D eigenvalue weighted by atomic mass is 10.0. The van der Waals surface area contributed by atoms with Gasteiger partial charge in [0, 0.05) is 21.7 Å². The second-order valence-corrected chi connectivity index (χ2v) is 3.93. The van der Waals surface area contributed by atoms with Gasteiger partial charge < -0.3 is 0 Å². The molecule has 88 valence electrons. The van der Waals surface area contributed by atoms with E-state index in [-0.39, 0.29) is 5.78 Å². The lowest BCUT2D eigenvalue weighted by Gasteiger charge is -2.02. The number of hydrogen-bond donors (Lipinski definition) is 0. The molecular weight excluding hydrogens is 226 g/mol. The molecule has 4 heteroatoms. The van der Waals surface area contributed by atoms with Gasteiger partial charge in [-0.25, -0.2) is 0 Å². The number of aryl methyl sites for hydroxylation is 1. The molecule has 2 rings (SSSR count). The third-order valence-electron chi connectivity index (χ3n) is 2.60. The molecule has 18 heavy (non-hydrogen) atoms. The van der Waals surface area contributed by atoms with Gasteiger partial charge in [0.2, 0.25) is 0 Å². The van der Waals surface area contributed by atoms with Gasteiger partial charge in [-0.15, -0.1) is 0 Å². The molecule has 0 heterocycles. The first-order chi connectivity index (χ1) is 8.70. The second kappa shape index (κ2) is 5.17. The molecule has 4 nitrogen and oxygen atoms in total. The number of carbonyl (C=O) groups is 1. The zero-order chi connectivity index (χ0) is 13.0. The minimum absolute atomic E-state index is 0.0394. The Morgan fingerprint density at radius 3 is 2.00 bits per heavy atom. The van der Waals surface area contributed by atoms with Crippen LogP contribution in [-0.2, 0) is 0 Å². The molecule has 0 aliphatic carbocycles. The largest absolute Gasteiger partial charge is 0.289 e. The lowest BCUT2D eigenvalue weighted by Crippen LogP contribution is -2.00. The fourth-order valence-corrected chi connectivity index (χ4v) is 1.60. The van der Waals surface area contributed by atoms with Crippen molar-refractivity contribution in [2.45, 2.75) is 6.92 Å². The van der Waals surface area contributed by atoms with Crippen LogP contribution in [-0.4, -0.2) is 5.78 Å². The van der Waals surface area contributed by atoms with Gasteiger partial charge in [-0.3, -0.25) is 4.79 Å². The first kappa shape index (κ1) is 11.9. The lowest BCUT2D eigenvalue weighted by molar-refractivity contribution is 0.103. The quantitative estimate of drug-likeness (QED) is 0.342. The molecule has 0 bridgehead atoms. The van der Waals surface area contributed by atoms with Gasteiger partial charge in [-0.1, -0.05) is 59.2 Å². The summed E-state index contributed by atoms with van der Waals surface area (Å²) in [5.74, 6) is -0.0394. The van der Waals surface area contributed by atoms with E-state index in [2.05, 4.69) is 10.0 Å². The van der Waals surface area contributed by atoms with Crippen molar-refractivity contribution in [3.63, 3.8) is 0 Å². The molecule has 0 aromatic heterocycles. The van der Waals surface area contributed by atoms with E-state index in [1.807, 2.05) is 19.1 Å². The van der Waals surface area contributed by atoms with E-state index in [0.717, 1.165) is 5.56 Å². The normalized spacial score (nSPS) is 9.61. The van der Waals surface area contributed by atoms with Crippen LogP contribution < -0.4 is 0 Å². The van der Waals surface area contributed by atoms with E-state index in [1.54, 1.807) is 36.4 Å². The number of azide groups is 1. The van der Waals surface area contributed by atoms with Crippen LogP contribution in [0.25, 0.3) is 10.4 Å². The molecular formula is C14H11N3O. The van der Waals surface area contributed by atoms with Crippen molar-refractivity contribution >= 4 is 11.5 Å². The Labute approximate surface area is 105 Å². The molecule has 0 unspecified atom stereocenters. The molecule has 2 aromatic rings. The smallest absolute Gasteiger partial charge is 0.193 e. The summed E-state index contributed by atoms with van der Waals surface area (Å²) in [6.45, 7) is 1.98. The van der Waals surface area contributed by atoms with E-state index in [4.69, 9.17) is 5.53 Å². The van der Waals surface area contributed by atoms with Crippen LogP contribution in [0, 0.1) is 6.92 Å². The Hall–Kier alpha value is -2.58. The monoisotopic (exact) mass is 237 g/mol. The van der Waals surface area contributed by atoms with Crippen molar-refractivity contribution in [1.29, 1.82) is 0 Å². The van der Waals surface area contributed by atoms with Crippen LogP contribution >= 0.6 is 0 Å². The summed E-state index contributed by atoms with van der Waals surface area (Å²) in [6.07, 6.45) is 0. The van der Waals surface area contributed by atoms with Crippen LogP contribution in [0.5, 0.6) is 0 Å². The zero-order valence-corrected chi connectivity index (χ0v) is 9.87. The molecule has 0 saturated carbocycles. The Balaban J connectivity index is 2.28. The number of nitrogens with zero attached hydrogens (tertiary/aromatic N) is 3. The highest BCUT2D eigenvalue weighted by Crippen LogP contribution is 2.16. The molecule has 0 amide bonds. The Morgan fingerprint density at radius 2 is 1.50 bits per heavy atom. The van der Waals surface area contributed by atoms with Gasteiger partial charge in [0.15, 0.2) is 5.78 Å². The first-order valence-corrected chi connectivity index (χ1v) is 5.47. The van der Waals surface area contributed by atoms with Gasteiger partial charge in [-0.2, -0.15) is 0 Å². The summed E-state index contributed by atoms with van der Waals surface area (Å²) >= 11 is 0. The summed E-state index contributed by atoms with van der Waals surface area (Å²) in [5, 5.41) is 3.46. The number of hydrogen-bond acceptors (Lipinski definition) is 2. The van der Waals surface area contributed by atoms with Crippen molar-refractivity contribution in [3.8, 4) is 0 Å². The van der Waals surface area contributed by atoms with Gasteiger partial charge >= 0.3 is 0 Å². The minimum Gasteiger partial charge on any atom is -0.289 e. The number of carbonyl (C=O) groups excluding carboxylic acids is 1. The standard InChI is InChI=1S/C14H11N3O/c1-10-2-4-11(5-3-10)14(18)12-6-8-13(9-7-12)16-17-15/h2-9H,1H3. The summed E-state index contributed by atoms with van der Waals surface area (Å²) < 4.78 is 0. The van der Waals surface area contributed by atoms with Crippen LogP contribution in [0.3, 0.4) is 0 Å². The molecule has 0 N–H and O–H groups in total. The number of rotatable bonds is 3. The molecule has 0 atom stereocenters. The van der Waals surface area contributed by atoms with Crippen molar-refractivity contribution < 1.29 is 4.79 Å². The summed E-state index contributed by atoms with van der Waals surface area (Å²) in [4.78, 5) is 14.8. The predicted octanol–water partition coefficient (Wildman–Crippen LogP) is 4.17. The third-order valence-corrected chi connectivity index (χ3v) is 2.60. The van der Waals surface area contributed by atoms with E-state index in [1.165, 1.54) is 0 Å². The number of benzene rings is 2. The predicted molar refractivity (Wildman–Crippen MR) is 69.9 cm³/mol. The van der Waals surface area contributed by atoms with Gasteiger partial charge in [-0.05, 0) is 12.5 Å². The van der Waals surface area contributed by atoms with Crippen LogP contribution in [0.2, 0.25) is 0 Å². The maximum absolute atomic E-state index is 12.1. The van der Waals surface area contributed by atoms with Crippen LogP contribution in [0.1, 0.15) is 21.5 Å². The highest BCUT2D eigenvalue weighted by molar-refractivity contribution is 6.09. The molecule has 0 aliphatic heterocycles. The SMILES string of the molecule is Cc1ccc(C(=O)c2ccc(N=[N+]=[N-])cc2)cc1. The van der Waals surface area contributed by atoms with E-state index in [9.17, 15) is 4.79 Å². The van der Waals surface area contributed by atoms with E-state index >= 15 is 0 Å². The van der Waals surface area contributed by atoms with Crippen molar-refractivity contribution in [2.24, 2.45) is 5.11 Å². The van der Waals surface area contributed by atoms with Crippen molar-refractivity contribution in [3.05, 3.63) is 75.7 Å². The summed E-state index contributed by atoms with van der Waals surface area (Å²) in [6, 6.07) is 14.0. The zero-order valence-electron chi connectivity index (χ0n) is 9.87. The Kier molecular flexibility index (Phi) is 3.41. The topological polar surface area (TPSA) is 65.8 Å². The summed E-state index contributed by atoms with van der Waals surface area (Å²) in [5.41, 5.74) is 11.1. The fourth-order valence-electron chi connectivity index (χ4n) is 1.60.